The van der Waals surface area contributed by atoms with Gasteiger partial charge in [-0.1, -0.05) is 63.9 Å². The van der Waals surface area contributed by atoms with Crippen molar-refractivity contribution in [3.8, 4) is 11.6 Å². The summed E-state index contributed by atoms with van der Waals surface area (Å²) in [6.07, 6.45) is 0.173. The van der Waals surface area contributed by atoms with Crippen molar-refractivity contribution in [3.05, 3.63) is 59.8 Å². The number of sulfonamides is 1. The number of carbonyl (C=O) groups excluding carboxylic acids is 4. The molecule has 2 bridgehead atoms. The fraction of sp³-hybridized carbons (Fsp3) is 0.609. The van der Waals surface area contributed by atoms with Crippen LogP contribution in [0.2, 0.25) is 0 Å². The third-order valence-electron chi connectivity index (χ3n) is 13.8. The number of rotatable bonds is 10. The second kappa shape index (κ2) is 17.3. The van der Waals surface area contributed by atoms with E-state index in [1.54, 1.807) is 40.0 Å². The van der Waals surface area contributed by atoms with Crippen LogP contribution in [0.25, 0.3) is 11.0 Å². The molecular formula is C46H58F2N6O9S. The number of halogens is 2. The topological polar surface area (TPSA) is 195 Å². The molecule has 1 aromatic heterocycles. The zero-order valence-corrected chi connectivity index (χ0v) is 37.7. The SMILES string of the molecule is COc1ccc2nc3c(nc2c1)O[C@H]1CN(C(=O)[C@H](C(C)(C)C)NC(=O)O[C@@H]2C[C@H]2CCCCC3)[C@H](C(=O)N[C@]2(C(=O)NS(=O)(=O)C3(C)CC3)C[C@H]2C(F)F)[C@@H]1CCc1ccccc1. The van der Waals surface area contributed by atoms with E-state index in [9.17, 15) is 26.8 Å². The van der Waals surface area contributed by atoms with Crippen LogP contribution in [-0.2, 0) is 42.0 Å². The number of alkyl carbamates (subject to hydrolysis) is 1. The van der Waals surface area contributed by atoms with E-state index in [4.69, 9.17) is 24.2 Å². The van der Waals surface area contributed by atoms with Crippen molar-refractivity contribution < 1.29 is 50.6 Å². The first-order valence-electron chi connectivity index (χ1n) is 22.3. The van der Waals surface area contributed by atoms with Gasteiger partial charge in [0.25, 0.3) is 5.91 Å². The van der Waals surface area contributed by atoms with E-state index < -0.39 is 92.4 Å². The normalized spacial score (nSPS) is 29.2. The predicted octanol–water partition coefficient (Wildman–Crippen LogP) is 5.63. The fourth-order valence-corrected chi connectivity index (χ4v) is 10.6. The Balaban J connectivity index is 1.22. The highest BCUT2D eigenvalue weighted by atomic mass is 32.2. The lowest BCUT2D eigenvalue weighted by Crippen LogP contribution is -2.61. The molecule has 18 heteroatoms. The number of ether oxygens (including phenoxy) is 3. The molecule has 2 aliphatic heterocycles. The molecule has 3 saturated carbocycles. The van der Waals surface area contributed by atoms with Gasteiger partial charge in [-0.2, -0.15) is 0 Å². The number of alkyl halides is 2. The number of fused-ring (bicyclic) bond motifs is 5. The Labute approximate surface area is 372 Å². The quantitative estimate of drug-likeness (QED) is 0.228. The van der Waals surface area contributed by atoms with Crippen molar-refractivity contribution in [1.29, 1.82) is 0 Å². The molecule has 346 valence electrons. The zero-order chi connectivity index (χ0) is 45.8. The molecule has 4 amide bonds. The van der Waals surface area contributed by atoms with Crippen molar-refractivity contribution in [2.24, 2.45) is 23.2 Å². The molecule has 5 aliphatic rings. The molecule has 0 radical (unpaired) electrons. The summed E-state index contributed by atoms with van der Waals surface area (Å²) in [5.74, 6) is -4.46. The smallest absolute Gasteiger partial charge is 0.408 e. The van der Waals surface area contributed by atoms with Crippen molar-refractivity contribution >= 4 is 44.9 Å². The van der Waals surface area contributed by atoms with Crippen molar-refractivity contribution in [2.45, 2.75) is 139 Å². The van der Waals surface area contributed by atoms with Gasteiger partial charge in [-0.3, -0.25) is 19.1 Å². The van der Waals surface area contributed by atoms with Gasteiger partial charge < -0.3 is 29.7 Å². The number of hydrogen-bond acceptors (Lipinski definition) is 11. The fourth-order valence-electron chi connectivity index (χ4n) is 9.24. The summed E-state index contributed by atoms with van der Waals surface area (Å²) in [5.41, 5.74) is -0.604. The van der Waals surface area contributed by atoms with Crippen LogP contribution in [0, 0.1) is 23.2 Å². The highest BCUT2D eigenvalue weighted by Crippen LogP contribution is 2.50. The minimum atomic E-state index is -4.28. The van der Waals surface area contributed by atoms with Gasteiger partial charge in [0.15, 0.2) is 0 Å². The number of aryl methyl sites for hydroxylation is 2. The number of benzene rings is 2. The van der Waals surface area contributed by atoms with Crippen molar-refractivity contribution in [1.82, 2.24) is 30.2 Å². The van der Waals surface area contributed by atoms with E-state index in [1.807, 2.05) is 41.1 Å². The molecule has 2 aromatic carbocycles. The molecule has 3 heterocycles. The molecular weight excluding hydrogens is 851 g/mol. The third-order valence-corrected chi connectivity index (χ3v) is 16.0. The molecule has 3 aliphatic carbocycles. The third kappa shape index (κ3) is 9.34. The molecule has 8 rings (SSSR count). The minimum Gasteiger partial charge on any atom is -0.497 e. The minimum absolute atomic E-state index is 0.187. The molecule has 8 atom stereocenters. The predicted molar refractivity (Wildman–Crippen MR) is 231 cm³/mol. The van der Waals surface area contributed by atoms with E-state index in [0.29, 0.717) is 41.7 Å². The first kappa shape index (κ1) is 45.4. The summed E-state index contributed by atoms with van der Waals surface area (Å²) in [6.45, 7) is 6.54. The van der Waals surface area contributed by atoms with Crippen LogP contribution in [0.1, 0.15) is 96.7 Å². The van der Waals surface area contributed by atoms with Crippen LogP contribution in [0.5, 0.6) is 11.6 Å². The summed E-state index contributed by atoms with van der Waals surface area (Å²) in [4.78, 5) is 69.0. The molecule has 0 unspecified atom stereocenters. The Kier molecular flexibility index (Phi) is 12.3. The summed E-state index contributed by atoms with van der Waals surface area (Å²) in [6, 6.07) is 12.1. The van der Waals surface area contributed by atoms with Crippen LogP contribution in [0.4, 0.5) is 13.6 Å². The lowest BCUT2D eigenvalue weighted by Gasteiger charge is -2.36. The van der Waals surface area contributed by atoms with Gasteiger partial charge in [-0.25, -0.2) is 32.0 Å². The molecule has 15 nitrogen and oxygen atoms in total. The lowest BCUT2D eigenvalue weighted by atomic mass is 9.85. The Morgan fingerprint density at radius 2 is 1.77 bits per heavy atom. The maximum atomic E-state index is 15.2. The number of nitrogens with zero attached hydrogens (tertiary/aromatic N) is 3. The van der Waals surface area contributed by atoms with Crippen molar-refractivity contribution in [2.75, 3.05) is 13.7 Å². The largest absolute Gasteiger partial charge is 0.497 e. The number of methoxy groups -OCH3 is 1. The van der Waals surface area contributed by atoms with E-state index in [-0.39, 0.29) is 43.7 Å². The van der Waals surface area contributed by atoms with Gasteiger partial charge in [-0.05, 0) is 93.7 Å². The summed E-state index contributed by atoms with van der Waals surface area (Å²) in [7, 11) is -2.74. The standard InChI is InChI=1S/C46H58F2N6O9S/c1-44(2,3)37-41(56)54-25-35(62-40-32(49-31-19-17-28(61-5)23-33(31)50-40)15-11-7-10-14-27-22-34(27)63-43(58)51-37)29(18-16-26-12-8-6-9-13-26)36(54)39(55)52-46(24-30(46)38(47)48)42(57)53-64(59,60)45(4)20-21-45/h6,8-9,12-13,17,19,23,27,29-30,34-38H,7,10-11,14-16,18,20-22,24-25H2,1-5H3,(H,51,58)(H,52,55)(H,53,57)/t27-,29-,30+,34-,35+,36+,37-,46-/m1/s1. The molecule has 3 N–H and O–H groups in total. The Morgan fingerprint density at radius 1 is 1.02 bits per heavy atom. The van der Waals surface area contributed by atoms with E-state index in [2.05, 4.69) is 10.6 Å². The summed E-state index contributed by atoms with van der Waals surface area (Å²) >= 11 is 0. The Hall–Kier alpha value is -5.13. The molecule has 4 fully saturated rings. The maximum Gasteiger partial charge on any atom is 0.408 e. The van der Waals surface area contributed by atoms with Crippen LogP contribution in [0.15, 0.2) is 48.5 Å². The average molecular weight is 909 g/mol. The number of hydrogen-bond donors (Lipinski definition) is 3. The van der Waals surface area contributed by atoms with Crippen LogP contribution in [-0.4, -0.2) is 102 Å². The summed E-state index contributed by atoms with van der Waals surface area (Å²) in [5, 5.41) is 5.36. The van der Waals surface area contributed by atoms with Gasteiger partial charge in [-0.15, -0.1) is 0 Å². The number of nitrogens with one attached hydrogen (secondary N) is 3. The highest BCUT2D eigenvalue weighted by Gasteiger charge is 2.68. The molecule has 0 spiro atoms. The van der Waals surface area contributed by atoms with Gasteiger partial charge in [0.05, 0.1) is 35.4 Å². The molecule has 1 saturated heterocycles. The van der Waals surface area contributed by atoms with Crippen LogP contribution in [0.3, 0.4) is 0 Å². The average Bonchev–Trinajstić information content (AvgIpc) is 4.20. The van der Waals surface area contributed by atoms with E-state index in [1.165, 1.54) is 11.8 Å². The Morgan fingerprint density at radius 3 is 2.44 bits per heavy atom. The van der Waals surface area contributed by atoms with Crippen LogP contribution >= 0.6 is 0 Å². The number of carbonyl (C=O) groups is 4. The maximum absolute atomic E-state index is 15.2. The lowest BCUT2D eigenvalue weighted by molar-refractivity contribution is -0.144. The highest BCUT2D eigenvalue weighted by molar-refractivity contribution is 7.91. The monoisotopic (exact) mass is 908 g/mol. The van der Waals surface area contributed by atoms with Gasteiger partial charge in [0, 0.05) is 12.0 Å². The van der Waals surface area contributed by atoms with Gasteiger partial charge in [0.2, 0.25) is 34.1 Å². The van der Waals surface area contributed by atoms with Gasteiger partial charge in [0.1, 0.15) is 41.3 Å². The second-order valence-electron chi connectivity index (χ2n) is 19.6. The summed E-state index contributed by atoms with van der Waals surface area (Å²) < 4.78 is 74.6. The van der Waals surface area contributed by atoms with E-state index in [0.717, 1.165) is 31.2 Å². The van der Waals surface area contributed by atoms with E-state index >= 15 is 9.59 Å². The molecule has 64 heavy (non-hydrogen) atoms. The van der Waals surface area contributed by atoms with Crippen molar-refractivity contribution in [3.63, 3.8) is 0 Å². The second-order valence-corrected chi connectivity index (χ2v) is 21.8. The first-order chi connectivity index (χ1) is 30.3. The van der Waals surface area contributed by atoms with Gasteiger partial charge >= 0.3 is 6.09 Å². The molecule has 3 aromatic rings. The number of amides is 4. The number of aromatic nitrogens is 2. The Bertz CT molecular complexity index is 2400. The zero-order valence-electron chi connectivity index (χ0n) is 36.9. The first-order valence-corrected chi connectivity index (χ1v) is 23.8. The van der Waals surface area contributed by atoms with Crippen LogP contribution < -0.4 is 24.8 Å².